The van der Waals surface area contributed by atoms with E-state index in [1.165, 1.54) is 5.56 Å². The molecule has 0 aliphatic rings. The monoisotopic (exact) mass is 361 g/mol. The van der Waals surface area contributed by atoms with Crippen molar-refractivity contribution in [2.45, 2.75) is 33.2 Å². The highest BCUT2D eigenvalue weighted by molar-refractivity contribution is 5.92. The maximum atomic E-state index is 12.7. The van der Waals surface area contributed by atoms with E-state index in [2.05, 4.69) is 30.6 Å². The standard InChI is InChI=1S/C23H24N2O2/c1-4-19-11-10-17(2)25(16-19)18(3)23(26)24-20-12-14-22(15-13-20)27-21-8-6-5-7-9-21/h5-16,18H,4H2,1-3H3/p+1/t18-/m1/s1. The second-order valence-electron chi connectivity index (χ2n) is 6.54. The molecule has 1 amide bonds. The minimum Gasteiger partial charge on any atom is -0.457 e. The van der Waals surface area contributed by atoms with Crippen LogP contribution in [0.3, 0.4) is 0 Å². The van der Waals surface area contributed by atoms with E-state index in [1.807, 2.05) is 73.0 Å². The van der Waals surface area contributed by atoms with Gasteiger partial charge in [-0.2, -0.15) is 4.57 Å². The lowest BCUT2D eigenvalue weighted by atomic mass is 10.1. The van der Waals surface area contributed by atoms with Crippen LogP contribution in [-0.2, 0) is 11.2 Å². The number of benzene rings is 2. The van der Waals surface area contributed by atoms with Crippen LogP contribution in [0.2, 0.25) is 0 Å². The Kier molecular flexibility index (Phi) is 5.87. The number of nitrogens with zero attached hydrogens (tertiary/aromatic N) is 1. The van der Waals surface area contributed by atoms with Crippen LogP contribution in [0.4, 0.5) is 5.69 Å². The van der Waals surface area contributed by atoms with Crippen LogP contribution >= 0.6 is 0 Å². The van der Waals surface area contributed by atoms with Crippen molar-refractivity contribution in [3.8, 4) is 11.5 Å². The Labute approximate surface area is 160 Å². The summed E-state index contributed by atoms with van der Waals surface area (Å²) in [7, 11) is 0. The molecule has 0 saturated heterocycles. The number of hydrogen-bond acceptors (Lipinski definition) is 2. The summed E-state index contributed by atoms with van der Waals surface area (Å²) in [5.41, 5.74) is 3.02. The minimum absolute atomic E-state index is 0.0481. The van der Waals surface area contributed by atoms with Gasteiger partial charge in [0.05, 0.1) is 0 Å². The predicted molar refractivity (Wildman–Crippen MR) is 107 cm³/mol. The van der Waals surface area contributed by atoms with Gasteiger partial charge < -0.3 is 10.1 Å². The number of para-hydroxylation sites is 1. The van der Waals surface area contributed by atoms with Gasteiger partial charge >= 0.3 is 0 Å². The Hall–Kier alpha value is -3.14. The summed E-state index contributed by atoms with van der Waals surface area (Å²) in [6.07, 6.45) is 2.99. The number of aryl methyl sites for hydroxylation is 2. The first-order valence-corrected chi connectivity index (χ1v) is 9.21. The Morgan fingerprint density at radius 3 is 2.33 bits per heavy atom. The third kappa shape index (κ3) is 4.73. The van der Waals surface area contributed by atoms with Gasteiger partial charge in [0, 0.05) is 31.2 Å². The zero-order valence-corrected chi connectivity index (χ0v) is 16.0. The summed E-state index contributed by atoms with van der Waals surface area (Å²) in [6, 6.07) is 20.9. The molecule has 0 bridgehead atoms. The maximum Gasteiger partial charge on any atom is 0.293 e. The Morgan fingerprint density at radius 1 is 1.00 bits per heavy atom. The van der Waals surface area contributed by atoms with Gasteiger partial charge in [-0.3, -0.25) is 4.79 Å². The number of pyridine rings is 1. The van der Waals surface area contributed by atoms with E-state index in [0.29, 0.717) is 0 Å². The van der Waals surface area contributed by atoms with Crippen LogP contribution in [-0.4, -0.2) is 5.91 Å². The highest BCUT2D eigenvalue weighted by atomic mass is 16.5. The predicted octanol–water partition coefficient (Wildman–Crippen LogP) is 4.84. The molecule has 3 rings (SSSR count). The average molecular weight is 361 g/mol. The molecule has 1 aromatic heterocycles. The number of carbonyl (C=O) groups is 1. The van der Waals surface area contributed by atoms with E-state index in [9.17, 15) is 4.79 Å². The van der Waals surface area contributed by atoms with Crippen molar-refractivity contribution in [3.63, 3.8) is 0 Å². The fraction of sp³-hybridized carbons (Fsp3) is 0.217. The van der Waals surface area contributed by atoms with E-state index in [4.69, 9.17) is 4.74 Å². The molecule has 3 aromatic rings. The molecule has 138 valence electrons. The third-order valence-electron chi connectivity index (χ3n) is 4.56. The van der Waals surface area contributed by atoms with Crippen molar-refractivity contribution in [2.24, 2.45) is 0 Å². The van der Waals surface area contributed by atoms with Crippen molar-refractivity contribution >= 4 is 11.6 Å². The third-order valence-corrected chi connectivity index (χ3v) is 4.56. The lowest BCUT2D eigenvalue weighted by molar-refractivity contribution is -0.711. The number of carbonyl (C=O) groups excluding carboxylic acids is 1. The van der Waals surface area contributed by atoms with Crippen molar-refractivity contribution in [1.82, 2.24) is 0 Å². The van der Waals surface area contributed by atoms with Crippen molar-refractivity contribution in [3.05, 3.63) is 84.2 Å². The maximum absolute atomic E-state index is 12.7. The molecule has 0 saturated carbocycles. The zero-order chi connectivity index (χ0) is 19.2. The number of hydrogen-bond donors (Lipinski definition) is 1. The molecule has 4 nitrogen and oxygen atoms in total. The molecule has 1 N–H and O–H groups in total. The lowest BCUT2D eigenvalue weighted by Crippen LogP contribution is -2.47. The van der Waals surface area contributed by atoms with Crippen LogP contribution in [0, 0.1) is 6.92 Å². The van der Waals surface area contributed by atoms with Crippen molar-refractivity contribution in [1.29, 1.82) is 0 Å². The van der Waals surface area contributed by atoms with Crippen LogP contribution in [0.5, 0.6) is 11.5 Å². The van der Waals surface area contributed by atoms with Crippen molar-refractivity contribution in [2.75, 3.05) is 5.32 Å². The van der Waals surface area contributed by atoms with E-state index in [1.54, 1.807) is 0 Å². The van der Waals surface area contributed by atoms with Gasteiger partial charge in [-0.15, -0.1) is 0 Å². The smallest absolute Gasteiger partial charge is 0.293 e. The summed E-state index contributed by atoms with van der Waals surface area (Å²) >= 11 is 0. The largest absolute Gasteiger partial charge is 0.457 e. The van der Waals surface area contributed by atoms with Crippen LogP contribution in [0.25, 0.3) is 0 Å². The molecule has 0 aliphatic heterocycles. The second kappa shape index (κ2) is 8.49. The molecule has 2 aromatic carbocycles. The molecule has 0 aliphatic carbocycles. The Bertz CT molecular complexity index is 905. The number of rotatable bonds is 6. The Balaban J connectivity index is 1.67. The summed E-state index contributed by atoms with van der Waals surface area (Å²) in [4.78, 5) is 12.7. The summed E-state index contributed by atoms with van der Waals surface area (Å²) in [6.45, 7) is 6.03. The van der Waals surface area contributed by atoms with Gasteiger partial charge in [0.15, 0.2) is 11.9 Å². The van der Waals surface area contributed by atoms with Crippen LogP contribution < -0.4 is 14.6 Å². The van der Waals surface area contributed by atoms with E-state index in [0.717, 1.165) is 29.3 Å². The van der Waals surface area contributed by atoms with Gasteiger partial charge in [-0.1, -0.05) is 25.1 Å². The molecule has 1 heterocycles. The fourth-order valence-corrected chi connectivity index (χ4v) is 2.87. The van der Waals surface area contributed by atoms with Crippen molar-refractivity contribution < 1.29 is 14.1 Å². The topological polar surface area (TPSA) is 42.2 Å². The summed E-state index contributed by atoms with van der Waals surface area (Å²) in [5.74, 6) is 1.46. The molecule has 0 fully saturated rings. The quantitative estimate of drug-likeness (QED) is 0.639. The number of anilines is 1. The normalized spacial score (nSPS) is 11.7. The molecule has 1 atom stereocenters. The van der Waals surface area contributed by atoms with Crippen LogP contribution in [0.1, 0.15) is 31.1 Å². The van der Waals surface area contributed by atoms with Gasteiger partial charge in [-0.05, 0) is 48.9 Å². The van der Waals surface area contributed by atoms with E-state index in [-0.39, 0.29) is 11.9 Å². The number of amides is 1. The number of nitrogens with one attached hydrogen (secondary N) is 1. The second-order valence-corrected chi connectivity index (χ2v) is 6.54. The Morgan fingerprint density at radius 2 is 1.67 bits per heavy atom. The molecular weight excluding hydrogens is 336 g/mol. The fourth-order valence-electron chi connectivity index (χ4n) is 2.87. The highest BCUT2D eigenvalue weighted by Crippen LogP contribution is 2.22. The minimum atomic E-state index is -0.295. The molecule has 4 heteroatoms. The molecular formula is C23H25N2O2+. The lowest BCUT2D eigenvalue weighted by Gasteiger charge is -2.12. The first-order valence-electron chi connectivity index (χ1n) is 9.21. The number of ether oxygens (including phenoxy) is 1. The average Bonchev–Trinajstić information content (AvgIpc) is 2.70. The molecule has 0 radical (unpaired) electrons. The molecule has 0 spiro atoms. The number of aromatic nitrogens is 1. The summed E-state index contributed by atoms with van der Waals surface area (Å²) < 4.78 is 7.79. The first-order chi connectivity index (χ1) is 13.1. The first kappa shape index (κ1) is 18.6. The van der Waals surface area contributed by atoms with E-state index >= 15 is 0 Å². The van der Waals surface area contributed by atoms with Gasteiger partial charge in [0.25, 0.3) is 5.91 Å². The molecule has 0 unspecified atom stereocenters. The van der Waals surface area contributed by atoms with Crippen LogP contribution in [0.15, 0.2) is 72.9 Å². The van der Waals surface area contributed by atoms with Gasteiger partial charge in [0.1, 0.15) is 11.5 Å². The van der Waals surface area contributed by atoms with Gasteiger partial charge in [-0.25, -0.2) is 0 Å². The zero-order valence-electron chi connectivity index (χ0n) is 16.0. The van der Waals surface area contributed by atoms with E-state index < -0.39 is 0 Å². The summed E-state index contributed by atoms with van der Waals surface area (Å²) in [5, 5.41) is 2.98. The SMILES string of the molecule is CCc1ccc(C)[n+]([C@H](C)C(=O)Nc2ccc(Oc3ccccc3)cc2)c1. The van der Waals surface area contributed by atoms with Gasteiger partial charge in [0.2, 0.25) is 6.04 Å². The highest BCUT2D eigenvalue weighted by Gasteiger charge is 2.24. The molecule has 27 heavy (non-hydrogen) atoms.